The average molecular weight is 197 g/mol. The molecule has 1 rings (SSSR count). The number of aromatic nitrogens is 2. The van der Waals surface area contributed by atoms with Crippen LogP contribution in [0.2, 0.25) is 0 Å². The summed E-state index contributed by atoms with van der Waals surface area (Å²) in [5.74, 6) is 1.43. The van der Waals surface area contributed by atoms with Gasteiger partial charge in [0.05, 0.1) is 0 Å². The molecular formula is C10H19N3O. The zero-order valence-electron chi connectivity index (χ0n) is 9.21. The van der Waals surface area contributed by atoms with E-state index in [1.807, 2.05) is 0 Å². The summed E-state index contributed by atoms with van der Waals surface area (Å²) in [5, 5.41) is 7.96. The molecule has 0 aliphatic rings. The van der Waals surface area contributed by atoms with Crippen LogP contribution in [0.5, 0.6) is 0 Å². The minimum absolute atomic E-state index is 0.192. The zero-order valence-corrected chi connectivity index (χ0v) is 9.21. The second-order valence-electron chi connectivity index (χ2n) is 4.72. The Bertz CT molecular complexity index is 275. The molecule has 0 atom stereocenters. The van der Waals surface area contributed by atoms with Gasteiger partial charge in [0.25, 0.3) is 0 Å². The lowest BCUT2D eigenvalue weighted by Gasteiger charge is -2.14. The number of nitrogens with zero attached hydrogens (tertiary/aromatic N) is 2. The van der Waals surface area contributed by atoms with Gasteiger partial charge in [-0.3, -0.25) is 0 Å². The summed E-state index contributed by atoms with van der Waals surface area (Å²) in [6.45, 7) is 7.11. The highest BCUT2D eigenvalue weighted by Crippen LogP contribution is 2.19. The van der Waals surface area contributed by atoms with Crippen molar-refractivity contribution in [1.29, 1.82) is 0 Å². The Morgan fingerprint density at radius 3 is 2.43 bits per heavy atom. The Morgan fingerprint density at radius 1 is 1.21 bits per heavy atom. The standard InChI is InChI=1S/C10H19N3O/c1-10(2,3)7-9-13-12-8(14-9)5-4-6-11/h4-7,11H2,1-3H3. The predicted octanol–water partition coefficient (Wildman–Crippen LogP) is 1.55. The highest BCUT2D eigenvalue weighted by atomic mass is 16.4. The van der Waals surface area contributed by atoms with Crippen molar-refractivity contribution in [3.63, 3.8) is 0 Å². The first kappa shape index (κ1) is 11.2. The lowest BCUT2D eigenvalue weighted by Crippen LogP contribution is -2.09. The van der Waals surface area contributed by atoms with Crippen LogP contribution in [-0.4, -0.2) is 16.7 Å². The zero-order chi connectivity index (χ0) is 10.6. The van der Waals surface area contributed by atoms with E-state index < -0.39 is 0 Å². The Hall–Kier alpha value is -0.900. The molecule has 0 bridgehead atoms. The SMILES string of the molecule is CC(C)(C)Cc1nnc(CCCN)o1. The summed E-state index contributed by atoms with van der Waals surface area (Å²) in [6, 6.07) is 0. The van der Waals surface area contributed by atoms with Gasteiger partial charge in [-0.2, -0.15) is 0 Å². The second-order valence-corrected chi connectivity index (χ2v) is 4.72. The topological polar surface area (TPSA) is 64.9 Å². The van der Waals surface area contributed by atoms with Gasteiger partial charge in [0.15, 0.2) is 0 Å². The molecule has 14 heavy (non-hydrogen) atoms. The van der Waals surface area contributed by atoms with Crippen LogP contribution in [0.25, 0.3) is 0 Å². The van der Waals surface area contributed by atoms with E-state index in [1.165, 1.54) is 0 Å². The Balaban J connectivity index is 2.51. The highest BCUT2D eigenvalue weighted by molar-refractivity contribution is 4.86. The van der Waals surface area contributed by atoms with Crippen molar-refractivity contribution in [2.24, 2.45) is 11.1 Å². The third-order valence-corrected chi connectivity index (χ3v) is 1.79. The average Bonchev–Trinajstić information content (AvgIpc) is 2.46. The van der Waals surface area contributed by atoms with Gasteiger partial charge in [-0.1, -0.05) is 20.8 Å². The number of nitrogens with two attached hydrogens (primary N) is 1. The number of aryl methyl sites for hydroxylation is 1. The molecule has 1 aromatic rings. The predicted molar refractivity (Wildman–Crippen MR) is 54.8 cm³/mol. The smallest absolute Gasteiger partial charge is 0.217 e. The number of hydrogen-bond acceptors (Lipinski definition) is 4. The number of rotatable bonds is 4. The fourth-order valence-electron chi connectivity index (χ4n) is 1.17. The summed E-state index contributed by atoms with van der Waals surface area (Å²) in [7, 11) is 0. The first-order chi connectivity index (χ1) is 6.51. The largest absolute Gasteiger partial charge is 0.425 e. The van der Waals surface area contributed by atoms with Crippen LogP contribution in [0.1, 0.15) is 39.0 Å². The molecule has 0 aliphatic carbocycles. The van der Waals surface area contributed by atoms with Crippen molar-refractivity contribution in [3.8, 4) is 0 Å². The summed E-state index contributed by atoms with van der Waals surface area (Å²) in [6.07, 6.45) is 2.51. The van der Waals surface area contributed by atoms with Crippen molar-refractivity contribution >= 4 is 0 Å². The van der Waals surface area contributed by atoms with Crippen molar-refractivity contribution in [3.05, 3.63) is 11.8 Å². The van der Waals surface area contributed by atoms with Crippen molar-refractivity contribution in [2.45, 2.75) is 40.0 Å². The maximum Gasteiger partial charge on any atom is 0.217 e. The quantitative estimate of drug-likeness (QED) is 0.795. The molecule has 0 aromatic carbocycles. The molecule has 2 N–H and O–H groups in total. The van der Waals surface area contributed by atoms with E-state index in [-0.39, 0.29) is 5.41 Å². The van der Waals surface area contributed by atoms with Gasteiger partial charge >= 0.3 is 0 Å². The summed E-state index contributed by atoms with van der Waals surface area (Å²) in [4.78, 5) is 0. The van der Waals surface area contributed by atoms with Crippen LogP contribution in [-0.2, 0) is 12.8 Å². The summed E-state index contributed by atoms with van der Waals surface area (Å²) < 4.78 is 5.48. The molecule has 0 radical (unpaired) electrons. The molecule has 1 aromatic heterocycles. The molecule has 1 heterocycles. The van der Waals surface area contributed by atoms with Crippen molar-refractivity contribution in [1.82, 2.24) is 10.2 Å². The molecule has 0 fully saturated rings. The molecule has 0 saturated heterocycles. The van der Waals surface area contributed by atoms with Crippen LogP contribution < -0.4 is 5.73 Å². The minimum atomic E-state index is 0.192. The molecule has 0 unspecified atom stereocenters. The van der Waals surface area contributed by atoms with Gasteiger partial charge in [-0.25, -0.2) is 0 Å². The van der Waals surface area contributed by atoms with Crippen molar-refractivity contribution < 1.29 is 4.42 Å². The highest BCUT2D eigenvalue weighted by Gasteiger charge is 2.16. The van der Waals surface area contributed by atoms with Crippen LogP contribution in [0, 0.1) is 5.41 Å². The summed E-state index contributed by atoms with van der Waals surface area (Å²) >= 11 is 0. The van der Waals surface area contributed by atoms with Gasteiger partial charge in [0.1, 0.15) is 0 Å². The van der Waals surface area contributed by atoms with Crippen LogP contribution >= 0.6 is 0 Å². The monoisotopic (exact) mass is 197 g/mol. The maximum absolute atomic E-state index is 5.48. The molecule has 4 heteroatoms. The molecule has 0 spiro atoms. The van der Waals surface area contributed by atoms with E-state index in [2.05, 4.69) is 31.0 Å². The Morgan fingerprint density at radius 2 is 1.86 bits per heavy atom. The van der Waals surface area contributed by atoms with Crippen molar-refractivity contribution in [2.75, 3.05) is 6.54 Å². The Labute approximate surface area is 84.9 Å². The van der Waals surface area contributed by atoms with Crippen LogP contribution in [0.15, 0.2) is 4.42 Å². The fourth-order valence-corrected chi connectivity index (χ4v) is 1.17. The van der Waals surface area contributed by atoms with Gasteiger partial charge in [-0.05, 0) is 18.4 Å². The lowest BCUT2D eigenvalue weighted by molar-refractivity contribution is 0.344. The first-order valence-corrected chi connectivity index (χ1v) is 5.02. The van der Waals surface area contributed by atoms with E-state index in [0.29, 0.717) is 12.4 Å². The van der Waals surface area contributed by atoms with Gasteiger partial charge in [-0.15, -0.1) is 10.2 Å². The molecule has 0 saturated carbocycles. The molecular weight excluding hydrogens is 178 g/mol. The van der Waals surface area contributed by atoms with E-state index in [0.717, 1.165) is 25.2 Å². The van der Waals surface area contributed by atoms with E-state index >= 15 is 0 Å². The first-order valence-electron chi connectivity index (χ1n) is 5.02. The van der Waals surface area contributed by atoms with E-state index in [4.69, 9.17) is 10.2 Å². The molecule has 0 aliphatic heterocycles. The number of hydrogen-bond donors (Lipinski definition) is 1. The maximum atomic E-state index is 5.48. The van der Waals surface area contributed by atoms with Gasteiger partial charge < -0.3 is 10.2 Å². The molecule has 4 nitrogen and oxygen atoms in total. The summed E-state index contributed by atoms with van der Waals surface area (Å²) in [5.41, 5.74) is 5.59. The normalized spacial score (nSPS) is 12.0. The molecule has 80 valence electrons. The fraction of sp³-hybridized carbons (Fsp3) is 0.800. The third-order valence-electron chi connectivity index (χ3n) is 1.79. The Kier molecular flexibility index (Phi) is 3.63. The van der Waals surface area contributed by atoms with Gasteiger partial charge in [0, 0.05) is 12.8 Å². The minimum Gasteiger partial charge on any atom is -0.425 e. The van der Waals surface area contributed by atoms with Crippen LogP contribution in [0.4, 0.5) is 0 Å². The van der Waals surface area contributed by atoms with E-state index in [9.17, 15) is 0 Å². The third kappa shape index (κ3) is 3.87. The molecule has 0 amide bonds. The van der Waals surface area contributed by atoms with Gasteiger partial charge in [0.2, 0.25) is 11.8 Å². The lowest BCUT2D eigenvalue weighted by atomic mass is 9.92. The van der Waals surface area contributed by atoms with E-state index in [1.54, 1.807) is 0 Å². The second kappa shape index (κ2) is 4.55. The van der Waals surface area contributed by atoms with Crippen LogP contribution in [0.3, 0.4) is 0 Å².